The van der Waals surface area contributed by atoms with E-state index in [4.69, 9.17) is 9.47 Å². The molecule has 1 atom stereocenters. The van der Waals surface area contributed by atoms with Crippen LogP contribution in [0.2, 0.25) is 0 Å². The summed E-state index contributed by atoms with van der Waals surface area (Å²) in [5, 5.41) is 0. The molecule has 0 aliphatic rings. The van der Waals surface area contributed by atoms with Gasteiger partial charge in [0.25, 0.3) is 0 Å². The van der Waals surface area contributed by atoms with Crippen molar-refractivity contribution in [3.05, 3.63) is 35.9 Å². The smallest absolute Gasteiger partial charge is 0.0993 e. The minimum Gasteiger partial charge on any atom is -0.379 e. The Kier molecular flexibility index (Phi) is 7.08. The van der Waals surface area contributed by atoms with Crippen molar-refractivity contribution in [2.24, 2.45) is 0 Å². The van der Waals surface area contributed by atoms with Crippen LogP contribution < -0.4 is 0 Å². The Morgan fingerprint density at radius 1 is 1.12 bits per heavy atom. The van der Waals surface area contributed by atoms with Crippen LogP contribution in [0.3, 0.4) is 0 Å². The number of alkyl halides is 1. The maximum absolute atomic E-state index is 5.98. The van der Waals surface area contributed by atoms with Gasteiger partial charge < -0.3 is 9.47 Å². The summed E-state index contributed by atoms with van der Waals surface area (Å²) in [5.74, 6) is 0. The summed E-state index contributed by atoms with van der Waals surface area (Å²) in [6, 6.07) is 10.4. The Morgan fingerprint density at radius 3 is 2.41 bits per heavy atom. The molecule has 1 aromatic carbocycles. The zero-order valence-electron chi connectivity index (χ0n) is 10.6. The molecule has 1 unspecified atom stereocenters. The lowest BCUT2D eigenvalue weighted by Crippen LogP contribution is -2.29. The first kappa shape index (κ1) is 14.9. The molecule has 0 radical (unpaired) electrons. The largest absolute Gasteiger partial charge is 0.379 e. The first-order valence-corrected chi connectivity index (χ1v) is 7.58. The standard InChI is InChI=1S/C14H21IO2/c1-3-9-16-10-11-17-14(2,12-15)13-7-5-4-6-8-13/h4-8H,3,9-12H2,1-2H3. The molecule has 96 valence electrons. The van der Waals surface area contributed by atoms with E-state index in [-0.39, 0.29) is 5.60 Å². The van der Waals surface area contributed by atoms with Gasteiger partial charge in [0.15, 0.2) is 0 Å². The summed E-state index contributed by atoms with van der Waals surface area (Å²) < 4.78 is 12.3. The van der Waals surface area contributed by atoms with Gasteiger partial charge >= 0.3 is 0 Å². The molecule has 0 amide bonds. The number of benzene rings is 1. The van der Waals surface area contributed by atoms with E-state index >= 15 is 0 Å². The highest BCUT2D eigenvalue weighted by Crippen LogP contribution is 2.27. The summed E-state index contributed by atoms with van der Waals surface area (Å²) in [5.41, 5.74) is 1.02. The Labute approximate surface area is 118 Å². The van der Waals surface area contributed by atoms with Crippen LogP contribution in [0.25, 0.3) is 0 Å². The van der Waals surface area contributed by atoms with Gasteiger partial charge in [-0.3, -0.25) is 0 Å². The predicted molar refractivity (Wildman–Crippen MR) is 79.7 cm³/mol. The Morgan fingerprint density at radius 2 is 1.82 bits per heavy atom. The highest BCUT2D eigenvalue weighted by Gasteiger charge is 2.25. The van der Waals surface area contributed by atoms with Gasteiger partial charge in [-0.15, -0.1) is 0 Å². The third-order valence-electron chi connectivity index (χ3n) is 2.64. The molecule has 0 fully saturated rings. The zero-order chi connectivity index (χ0) is 12.6. The zero-order valence-corrected chi connectivity index (χ0v) is 12.8. The van der Waals surface area contributed by atoms with Gasteiger partial charge in [0.2, 0.25) is 0 Å². The molecular weight excluding hydrogens is 327 g/mol. The van der Waals surface area contributed by atoms with Crippen molar-refractivity contribution in [3.8, 4) is 0 Å². The fraction of sp³-hybridized carbons (Fsp3) is 0.571. The lowest BCUT2D eigenvalue weighted by atomic mass is 9.98. The molecule has 1 aromatic rings. The summed E-state index contributed by atoms with van der Waals surface area (Å²) in [7, 11) is 0. The Bertz CT molecular complexity index is 302. The van der Waals surface area contributed by atoms with E-state index in [9.17, 15) is 0 Å². The molecule has 0 aliphatic carbocycles. The van der Waals surface area contributed by atoms with E-state index in [2.05, 4.69) is 60.7 Å². The van der Waals surface area contributed by atoms with Crippen molar-refractivity contribution in [1.29, 1.82) is 0 Å². The number of halogens is 1. The monoisotopic (exact) mass is 348 g/mol. The molecule has 0 saturated heterocycles. The molecule has 3 heteroatoms. The van der Waals surface area contributed by atoms with Gasteiger partial charge in [-0.1, -0.05) is 59.8 Å². The van der Waals surface area contributed by atoms with E-state index in [0.717, 1.165) is 17.5 Å². The molecule has 0 N–H and O–H groups in total. The lowest BCUT2D eigenvalue weighted by Gasteiger charge is -2.28. The summed E-state index contributed by atoms with van der Waals surface area (Å²) in [6.45, 7) is 6.38. The van der Waals surface area contributed by atoms with E-state index in [1.165, 1.54) is 5.56 Å². The van der Waals surface area contributed by atoms with Crippen molar-refractivity contribution >= 4 is 22.6 Å². The van der Waals surface area contributed by atoms with Gasteiger partial charge in [-0.25, -0.2) is 0 Å². The Hall–Kier alpha value is -0.130. The Balaban J connectivity index is 2.46. The molecule has 0 aromatic heterocycles. The summed E-state index contributed by atoms with van der Waals surface area (Å²) in [6.07, 6.45) is 1.06. The van der Waals surface area contributed by atoms with Crippen molar-refractivity contribution in [2.75, 3.05) is 24.2 Å². The number of hydrogen-bond acceptors (Lipinski definition) is 2. The maximum atomic E-state index is 5.98. The molecule has 0 bridgehead atoms. The minimum absolute atomic E-state index is 0.211. The van der Waals surface area contributed by atoms with Crippen molar-refractivity contribution in [2.45, 2.75) is 25.9 Å². The van der Waals surface area contributed by atoms with Crippen LogP contribution in [0, 0.1) is 0 Å². The number of rotatable bonds is 8. The normalized spacial score (nSPS) is 14.5. The van der Waals surface area contributed by atoms with Crippen molar-refractivity contribution < 1.29 is 9.47 Å². The number of ether oxygens (including phenoxy) is 2. The average molecular weight is 348 g/mol. The van der Waals surface area contributed by atoms with Gasteiger partial charge in [-0.05, 0) is 18.9 Å². The molecule has 1 rings (SSSR count). The molecular formula is C14H21IO2. The first-order chi connectivity index (χ1) is 8.23. The highest BCUT2D eigenvalue weighted by atomic mass is 127. The highest BCUT2D eigenvalue weighted by molar-refractivity contribution is 14.1. The SMILES string of the molecule is CCCOCCOC(C)(CI)c1ccccc1. The van der Waals surface area contributed by atoms with Crippen LogP contribution in [-0.4, -0.2) is 24.2 Å². The predicted octanol–water partition coefficient (Wildman–Crippen LogP) is 3.78. The van der Waals surface area contributed by atoms with Crippen LogP contribution in [0.15, 0.2) is 30.3 Å². The van der Waals surface area contributed by atoms with Crippen LogP contribution >= 0.6 is 22.6 Å². The third-order valence-corrected chi connectivity index (χ3v) is 4.09. The second kappa shape index (κ2) is 8.06. The molecule has 0 heterocycles. The van der Waals surface area contributed by atoms with Gasteiger partial charge in [0.05, 0.1) is 18.8 Å². The maximum Gasteiger partial charge on any atom is 0.0993 e. The molecule has 17 heavy (non-hydrogen) atoms. The molecule has 2 nitrogen and oxygen atoms in total. The van der Waals surface area contributed by atoms with E-state index < -0.39 is 0 Å². The van der Waals surface area contributed by atoms with Crippen LogP contribution in [-0.2, 0) is 15.1 Å². The van der Waals surface area contributed by atoms with Gasteiger partial charge in [0, 0.05) is 11.0 Å². The minimum atomic E-state index is -0.211. The molecule has 0 spiro atoms. The lowest BCUT2D eigenvalue weighted by molar-refractivity contribution is -0.0447. The fourth-order valence-electron chi connectivity index (χ4n) is 1.56. The van der Waals surface area contributed by atoms with Crippen LogP contribution in [0.4, 0.5) is 0 Å². The molecule has 0 aliphatic heterocycles. The first-order valence-electron chi connectivity index (χ1n) is 6.06. The van der Waals surface area contributed by atoms with Crippen molar-refractivity contribution in [3.63, 3.8) is 0 Å². The van der Waals surface area contributed by atoms with Crippen LogP contribution in [0.1, 0.15) is 25.8 Å². The number of hydrogen-bond donors (Lipinski definition) is 0. The van der Waals surface area contributed by atoms with Gasteiger partial charge in [-0.2, -0.15) is 0 Å². The van der Waals surface area contributed by atoms with E-state index in [1.54, 1.807) is 0 Å². The summed E-state index contributed by atoms with van der Waals surface area (Å²) in [4.78, 5) is 0. The quantitative estimate of drug-likeness (QED) is 0.404. The second-order valence-corrected chi connectivity index (χ2v) is 4.95. The van der Waals surface area contributed by atoms with Crippen LogP contribution in [0.5, 0.6) is 0 Å². The third kappa shape index (κ3) is 4.94. The molecule has 0 saturated carbocycles. The van der Waals surface area contributed by atoms with E-state index in [1.807, 2.05) is 6.07 Å². The second-order valence-electron chi connectivity index (χ2n) is 4.19. The van der Waals surface area contributed by atoms with Crippen molar-refractivity contribution in [1.82, 2.24) is 0 Å². The topological polar surface area (TPSA) is 18.5 Å². The average Bonchev–Trinajstić information content (AvgIpc) is 2.39. The van der Waals surface area contributed by atoms with E-state index in [0.29, 0.717) is 13.2 Å². The fourth-order valence-corrected chi connectivity index (χ4v) is 2.22. The summed E-state index contributed by atoms with van der Waals surface area (Å²) >= 11 is 2.37. The van der Waals surface area contributed by atoms with Gasteiger partial charge in [0.1, 0.15) is 0 Å².